The lowest BCUT2D eigenvalue weighted by Gasteiger charge is -2.15. The molecule has 1 heterocycles. The van der Waals surface area contributed by atoms with Crippen molar-refractivity contribution in [2.75, 3.05) is 18.1 Å². The number of benzene rings is 1. The summed E-state index contributed by atoms with van der Waals surface area (Å²) in [6.07, 6.45) is 0. The van der Waals surface area contributed by atoms with E-state index in [2.05, 4.69) is 0 Å². The molecule has 3 N–H and O–H groups in total. The second-order valence-corrected chi connectivity index (χ2v) is 3.39. The van der Waals surface area contributed by atoms with Gasteiger partial charge in [0.15, 0.2) is 0 Å². The van der Waals surface area contributed by atoms with Gasteiger partial charge in [-0.3, -0.25) is 4.79 Å². The Morgan fingerprint density at radius 1 is 1.53 bits per heavy atom. The van der Waals surface area contributed by atoms with Gasteiger partial charge in [0.05, 0.1) is 12.3 Å². The van der Waals surface area contributed by atoms with Gasteiger partial charge in [-0.2, -0.15) is 0 Å². The molecule has 5 heteroatoms. The lowest BCUT2D eigenvalue weighted by Crippen LogP contribution is -2.33. The van der Waals surface area contributed by atoms with Crippen LogP contribution in [0.5, 0.6) is 0 Å². The first kappa shape index (κ1) is 10.1. The topological polar surface area (TPSA) is 66.6 Å². The molecule has 80 valence electrons. The summed E-state index contributed by atoms with van der Waals surface area (Å²) in [5, 5.41) is 8.80. The highest BCUT2D eigenvalue weighted by Gasteiger charge is 2.34. The Hall–Kier alpha value is -1.46. The predicted octanol–water partition coefficient (Wildman–Crippen LogP) is 0.164. The van der Waals surface area contributed by atoms with E-state index in [1.54, 1.807) is 0 Å². The molecule has 0 fully saturated rings. The monoisotopic (exact) mass is 210 g/mol. The zero-order valence-corrected chi connectivity index (χ0v) is 7.98. The normalized spacial score (nSPS) is 19.5. The molecule has 0 saturated carbocycles. The Morgan fingerprint density at radius 2 is 2.27 bits per heavy atom. The first-order chi connectivity index (χ1) is 7.15. The number of carbonyl (C=O) groups is 1. The summed E-state index contributed by atoms with van der Waals surface area (Å²) in [4.78, 5) is 12.9. The molecule has 1 aromatic rings. The maximum absolute atomic E-state index is 13.0. The average Bonchev–Trinajstić information content (AvgIpc) is 2.44. The van der Waals surface area contributed by atoms with Crippen LogP contribution >= 0.6 is 0 Å². The third-order valence-electron chi connectivity index (χ3n) is 2.47. The molecule has 0 aliphatic carbocycles. The molecular formula is C10H11FN2O2. The third kappa shape index (κ3) is 1.49. The van der Waals surface area contributed by atoms with E-state index >= 15 is 0 Å². The largest absolute Gasteiger partial charge is 0.395 e. The van der Waals surface area contributed by atoms with Crippen molar-refractivity contribution in [1.29, 1.82) is 0 Å². The number of amides is 1. The van der Waals surface area contributed by atoms with E-state index in [1.165, 1.54) is 23.1 Å². The van der Waals surface area contributed by atoms with Crippen molar-refractivity contribution in [2.45, 2.75) is 6.04 Å². The molecular weight excluding hydrogens is 199 g/mol. The van der Waals surface area contributed by atoms with Crippen molar-refractivity contribution in [3.8, 4) is 0 Å². The maximum Gasteiger partial charge on any atom is 0.248 e. The molecule has 1 amide bonds. The van der Waals surface area contributed by atoms with E-state index in [9.17, 15) is 9.18 Å². The molecule has 1 aliphatic rings. The number of β-amino-alcohol motifs (C(OH)–C–C–N with tert-alkyl or cyclic N) is 1. The van der Waals surface area contributed by atoms with E-state index in [1.807, 2.05) is 0 Å². The summed E-state index contributed by atoms with van der Waals surface area (Å²) in [5.41, 5.74) is 6.73. The number of fused-ring (bicyclic) bond motifs is 1. The molecule has 0 aromatic heterocycles. The second-order valence-electron chi connectivity index (χ2n) is 3.39. The van der Waals surface area contributed by atoms with Crippen LogP contribution in [0.4, 0.5) is 10.1 Å². The number of hydrogen-bond acceptors (Lipinski definition) is 3. The number of carbonyl (C=O) groups excluding carboxylic acids is 1. The summed E-state index contributed by atoms with van der Waals surface area (Å²) in [6, 6.07) is 3.29. The first-order valence-corrected chi connectivity index (χ1v) is 4.62. The van der Waals surface area contributed by atoms with Crippen molar-refractivity contribution in [3.63, 3.8) is 0 Å². The van der Waals surface area contributed by atoms with E-state index in [0.717, 1.165) is 0 Å². The minimum Gasteiger partial charge on any atom is -0.395 e. The minimum atomic E-state index is -0.743. The van der Waals surface area contributed by atoms with Crippen LogP contribution in [0, 0.1) is 5.82 Å². The van der Waals surface area contributed by atoms with Crippen LogP contribution in [0.2, 0.25) is 0 Å². The number of nitrogens with two attached hydrogens (primary N) is 1. The minimum absolute atomic E-state index is 0.142. The first-order valence-electron chi connectivity index (χ1n) is 4.62. The van der Waals surface area contributed by atoms with Crippen molar-refractivity contribution in [2.24, 2.45) is 5.73 Å². The van der Waals surface area contributed by atoms with Gasteiger partial charge in [0.2, 0.25) is 5.91 Å². The number of rotatable bonds is 2. The highest BCUT2D eigenvalue weighted by Crippen LogP contribution is 2.34. The smallest absolute Gasteiger partial charge is 0.248 e. The molecule has 1 aromatic carbocycles. The molecule has 2 rings (SSSR count). The van der Waals surface area contributed by atoms with Gasteiger partial charge < -0.3 is 15.7 Å². The van der Waals surface area contributed by atoms with Gasteiger partial charge in [0, 0.05) is 12.1 Å². The van der Waals surface area contributed by atoms with Crippen LogP contribution in [0.1, 0.15) is 11.6 Å². The van der Waals surface area contributed by atoms with Crippen LogP contribution in [0.25, 0.3) is 0 Å². The lowest BCUT2D eigenvalue weighted by atomic mass is 10.1. The van der Waals surface area contributed by atoms with Gasteiger partial charge >= 0.3 is 0 Å². The second kappa shape index (κ2) is 3.60. The van der Waals surface area contributed by atoms with Gasteiger partial charge in [-0.1, -0.05) is 6.07 Å². The van der Waals surface area contributed by atoms with E-state index in [4.69, 9.17) is 10.8 Å². The molecule has 0 radical (unpaired) electrons. The fourth-order valence-electron chi connectivity index (χ4n) is 1.76. The summed E-state index contributed by atoms with van der Waals surface area (Å²) in [6.45, 7) is -0.0304. The molecule has 1 unspecified atom stereocenters. The Bertz CT molecular complexity index is 408. The summed E-state index contributed by atoms with van der Waals surface area (Å²) in [7, 11) is 0. The number of halogens is 1. The fraction of sp³-hybridized carbons (Fsp3) is 0.300. The SMILES string of the molecule is NC1C(=O)N(CCO)c2cc(F)ccc21. The zero-order chi connectivity index (χ0) is 11.0. The average molecular weight is 210 g/mol. The van der Waals surface area contributed by atoms with Crippen LogP contribution in [-0.2, 0) is 4.79 Å². The predicted molar refractivity (Wildman–Crippen MR) is 52.8 cm³/mol. The van der Waals surface area contributed by atoms with Gasteiger partial charge in [-0.15, -0.1) is 0 Å². The Morgan fingerprint density at radius 3 is 2.93 bits per heavy atom. The molecule has 4 nitrogen and oxygen atoms in total. The molecule has 15 heavy (non-hydrogen) atoms. The lowest BCUT2D eigenvalue weighted by molar-refractivity contribution is -0.119. The Labute approximate surface area is 86.1 Å². The molecule has 0 saturated heterocycles. The van der Waals surface area contributed by atoms with E-state index in [-0.39, 0.29) is 19.1 Å². The molecule has 1 atom stereocenters. The van der Waals surface area contributed by atoms with Crippen LogP contribution in [0.15, 0.2) is 18.2 Å². The molecule has 1 aliphatic heterocycles. The van der Waals surface area contributed by atoms with Crippen LogP contribution in [-0.4, -0.2) is 24.2 Å². The zero-order valence-electron chi connectivity index (χ0n) is 7.98. The number of nitrogens with zero attached hydrogens (tertiary/aromatic N) is 1. The van der Waals surface area contributed by atoms with Gasteiger partial charge in [0.25, 0.3) is 0 Å². The summed E-state index contributed by atoms with van der Waals surface area (Å²) >= 11 is 0. The quantitative estimate of drug-likeness (QED) is 0.731. The van der Waals surface area contributed by atoms with Crippen molar-refractivity contribution >= 4 is 11.6 Å². The van der Waals surface area contributed by atoms with Crippen molar-refractivity contribution < 1.29 is 14.3 Å². The summed E-state index contributed by atoms with van der Waals surface area (Å²) in [5.74, 6) is -0.719. The fourth-order valence-corrected chi connectivity index (χ4v) is 1.76. The van der Waals surface area contributed by atoms with E-state index in [0.29, 0.717) is 11.3 Å². The van der Waals surface area contributed by atoms with Gasteiger partial charge in [-0.25, -0.2) is 4.39 Å². The highest BCUT2D eigenvalue weighted by molar-refractivity contribution is 6.04. The van der Waals surface area contributed by atoms with E-state index < -0.39 is 11.9 Å². The van der Waals surface area contributed by atoms with Gasteiger partial charge in [-0.05, 0) is 12.1 Å². The molecule has 0 spiro atoms. The van der Waals surface area contributed by atoms with Crippen LogP contribution in [0.3, 0.4) is 0 Å². The number of hydrogen-bond donors (Lipinski definition) is 2. The summed E-state index contributed by atoms with van der Waals surface area (Å²) < 4.78 is 13.0. The maximum atomic E-state index is 13.0. The number of aliphatic hydroxyl groups excluding tert-OH is 1. The van der Waals surface area contributed by atoms with Crippen LogP contribution < -0.4 is 10.6 Å². The number of aliphatic hydroxyl groups is 1. The number of anilines is 1. The highest BCUT2D eigenvalue weighted by atomic mass is 19.1. The third-order valence-corrected chi connectivity index (χ3v) is 2.47. The van der Waals surface area contributed by atoms with Crippen molar-refractivity contribution in [1.82, 2.24) is 0 Å². The Balaban J connectivity index is 2.47. The molecule has 0 bridgehead atoms. The standard InChI is InChI=1S/C10H11FN2O2/c11-6-1-2-7-8(5-6)13(3-4-14)10(15)9(7)12/h1-2,5,9,14H,3-4,12H2. The van der Waals surface area contributed by atoms with Crippen molar-refractivity contribution in [3.05, 3.63) is 29.6 Å². The van der Waals surface area contributed by atoms with Gasteiger partial charge in [0.1, 0.15) is 11.9 Å². The Kier molecular flexibility index (Phi) is 2.42.